The Morgan fingerprint density at radius 3 is 2.06 bits per heavy atom. The number of anilines is 1. The zero-order valence-electron chi connectivity index (χ0n) is 17.0. The van der Waals surface area contributed by atoms with Gasteiger partial charge in [0.15, 0.2) is 10.9 Å². The van der Waals surface area contributed by atoms with Crippen molar-refractivity contribution in [3.05, 3.63) is 101 Å². The molecule has 0 unspecified atom stereocenters. The molecule has 2 N–H and O–H groups in total. The summed E-state index contributed by atoms with van der Waals surface area (Å²) in [5.74, 6) is -2.88. The number of aliphatic hydroxyl groups is 1. The van der Waals surface area contributed by atoms with E-state index in [9.17, 15) is 23.1 Å². The summed E-state index contributed by atoms with van der Waals surface area (Å²) in [5.41, 5.74) is -3.28. The molecule has 0 saturated carbocycles. The minimum Gasteiger partial charge on any atom is -0.362 e. The van der Waals surface area contributed by atoms with Gasteiger partial charge in [0, 0.05) is 16.3 Å². The lowest BCUT2D eigenvalue weighted by Crippen LogP contribution is -2.74. The lowest BCUT2D eigenvalue weighted by atomic mass is 9.76. The highest BCUT2D eigenvalue weighted by atomic mass is 35.5. The van der Waals surface area contributed by atoms with Crippen LogP contribution in [0.25, 0.3) is 0 Å². The van der Waals surface area contributed by atoms with Gasteiger partial charge in [0.1, 0.15) is 5.92 Å². The number of hydrogen-bond donors (Lipinski definition) is 2. The minimum absolute atomic E-state index is 0.00440. The lowest BCUT2D eigenvalue weighted by molar-refractivity contribution is -0.274. The van der Waals surface area contributed by atoms with Crippen LogP contribution in [-0.2, 0) is 0 Å². The van der Waals surface area contributed by atoms with Gasteiger partial charge in [0.05, 0.1) is 6.04 Å². The highest BCUT2D eigenvalue weighted by molar-refractivity contribution is 7.80. The normalized spacial score (nSPS) is 23.2. The Hall–Kier alpha value is -2.94. The maximum Gasteiger partial charge on any atom is 0.437 e. The maximum atomic E-state index is 14.8. The van der Waals surface area contributed by atoms with Crippen LogP contribution in [0.5, 0.6) is 0 Å². The number of nitrogens with zero attached hydrogens (tertiary/aromatic N) is 1. The first-order chi connectivity index (χ1) is 15.6. The van der Waals surface area contributed by atoms with Crippen LogP contribution in [0, 0.1) is 5.92 Å². The minimum atomic E-state index is -5.24. The predicted molar refractivity (Wildman–Crippen MR) is 124 cm³/mol. The number of para-hydroxylation sites is 1. The average Bonchev–Trinajstić information content (AvgIpc) is 2.79. The number of thiocarbonyl (C=S) groups is 1. The predicted octanol–water partition coefficient (Wildman–Crippen LogP) is 5.53. The third kappa shape index (κ3) is 4.10. The number of carbonyl (C=O) groups is 1. The Balaban J connectivity index is 1.96. The fourth-order valence-corrected chi connectivity index (χ4v) is 4.56. The number of benzene rings is 3. The van der Waals surface area contributed by atoms with Crippen LogP contribution in [0.4, 0.5) is 18.9 Å². The molecule has 0 aliphatic carbocycles. The molecule has 0 amide bonds. The van der Waals surface area contributed by atoms with Crippen molar-refractivity contribution < 1.29 is 23.1 Å². The van der Waals surface area contributed by atoms with Crippen LogP contribution < -0.4 is 10.2 Å². The summed E-state index contributed by atoms with van der Waals surface area (Å²) >= 11 is 11.3. The molecule has 1 fully saturated rings. The van der Waals surface area contributed by atoms with Gasteiger partial charge < -0.3 is 10.4 Å². The molecule has 3 aromatic carbocycles. The van der Waals surface area contributed by atoms with E-state index in [1.165, 1.54) is 60.7 Å². The summed E-state index contributed by atoms with van der Waals surface area (Å²) in [6.07, 6.45) is -5.24. The van der Waals surface area contributed by atoms with Gasteiger partial charge in [-0.25, -0.2) is 0 Å². The van der Waals surface area contributed by atoms with Crippen molar-refractivity contribution in [3.8, 4) is 0 Å². The molecular weight excluding hydrogens is 473 g/mol. The Labute approximate surface area is 198 Å². The molecule has 1 aliphatic rings. The highest BCUT2D eigenvalue weighted by Gasteiger charge is 2.69. The maximum absolute atomic E-state index is 14.8. The van der Waals surface area contributed by atoms with Crippen molar-refractivity contribution in [3.63, 3.8) is 0 Å². The zero-order valence-corrected chi connectivity index (χ0v) is 18.5. The van der Waals surface area contributed by atoms with Gasteiger partial charge in [-0.3, -0.25) is 9.69 Å². The van der Waals surface area contributed by atoms with E-state index < -0.39 is 29.6 Å². The Kier molecular flexibility index (Phi) is 6.18. The summed E-state index contributed by atoms with van der Waals surface area (Å²) in [4.78, 5) is 14.2. The number of ketones is 1. The Bertz CT molecular complexity index is 1160. The van der Waals surface area contributed by atoms with Crippen molar-refractivity contribution in [2.45, 2.75) is 17.9 Å². The molecule has 4 rings (SSSR count). The molecule has 1 saturated heterocycles. The van der Waals surface area contributed by atoms with Crippen molar-refractivity contribution in [2.75, 3.05) is 4.90 Å². The third-order valence-corrected chi connectivity index (χ3v) is 6.14. The lowest BCUT2D eigenvalue weighted by Gasteiger charge is -2.52. The summed E-state index contributed by atoms with van der Waals surface area (Å²) in [5, 5.41) is 14.4. The second-order valence-electron chi connectivity index (χ2n) is 7.58. The van der Waals surface area contributed by atoms with Gasteiger partial charge >= 0.3 is 6.18 Å². The molecule has 0 spiro atoms. The van der Waals surface area contributed by atoms with E-state index in [1.54, 1.807) is 24.3 Å². The molecule has 9 heteroatoms. The van der Waals surface area contributed by atoms with Gasteiger partial charge in [-0.1, -0.05) is 72.3 Å². The molecule has 0 aromatic heterocycles. The van der Waals surface area contributed by atoms with Gasteiger partial charge in [-0.15, -0.1) is 0 Å². The molecule has 0 bridgehead atoms. The quantitative estimate of drug-likeness (QED) is 0.372. The van der Waals surface area contributed by atoms with E-state index in [1.807, 2.05) is 0 Å². The standard InChI is InChI=1S/C24H18ClF3N2O2S/c25-17-13-11-15(12-14-17)20-19(21(31)16-7-3-1-4-8-16)23(32,24(26,27)28)30(22(33)29-20)18-9-5-2-6-10-18/h1-14,19-20,32H,(H,29,33)/t19-,20-,23-/m0/s1. The average molecular weight is 491 g/mol. The van der Waals surface area contributed by atoms with E-state index in [2.05, 4.69) is 5.32 Å². The smallest absolute Gasteiger partial charge is 0.362 e. The number of carbonyl (C=O) groups excluding carboxylic acids is 1. The van der Waals surface area contributed by atoms with Crippen molar-refractivity contribution in [1.82, 2.24) is 5.32 Å². The molecule has 0 radical (unpaired) electrons. The van der Waals surface area contributed by atoms with E-state index in [0.717, 1.165) is 0 Å². The first-order valence-corrected chi connectivity index (χ1v) is 10.7. The summed E-state index contributed by atoms with van der Waals surface area (Å²) in [7, 11) is 0. The number of rotatable bonds is 4. The molecule has 4 nitrogen and oxygen atoms in total. The summed E-state index contributed by atoms with van der Waals surface area (Å²) < 4.78 is 44.3. The first kappa shape index (κ1) is 23.2. The van der Waals surface area contributed by atoms with Gasteiger partial charge in [0.25, 0.3) is 5.72 Å². The molecular formula is C24H18ClF3N2O2S. The number of nitrogens with one attached hydrogen (secondary N) is 1. The topological polar surface area (TPSA) is 52.6 Å². The Morgan fingerprint density at radius 2 is 1.52 bits per heavy atom. The van der Waals surface area contributed by atoms with E-state index in [-0.39, 0.29) is 16.4 Å². The van der Waals surface area contributed by atoms with Crippen molar-refractivity contribution in [2.24, 2.45) is 5.92 Å². The van der Waals surface area contributed by atoms with Crippen molar-refractivity contribution in [1.29, 1.82) is 0 Å². The molecule has 3 atom stereocenters. The van der Waals surface area contributed by atoms with Crippen LogP contribution in [-0.4, -0.2) is 27.9 Å². The van der Waals surface area contributed by atoms with E-state index in [0.29, 0.717) is 15.5 Å². The fourth-order valence-electron chi connectivity index (χ4n) is 4.06. The second-order valence-corrected chi connectivity index (χ2v) is 8.40. The molecule has 1 heterocycles. The SMILES string of the molecule is O=C(c1ccccc1)[C@@H]1[C@H](c2ccc(Cl)cc2)NC(=S)N(c2ccccc2)[C@@]1(O)C(F)(F)F. The number of Topliss-reactive ketones (excluding diaryl/α,β-unsaturated/α-hetero) is 1. The fraction of sp³-hybridized carbons (Fsp3) is 0.167. The molecule has 33 heavy (non-hydrogen) atoms. The molecule has 3 aromatic rings. The van der Waals surface area contributed by atoms with Crippen LogP contribution in [0.2, 0.25) is 5.02 Å². The first-order valence-electron chi connectivity index (χ1n) is 9.94. The number of hydrogen-bond acceptors (Lipinski definition) is 3. The third-order valence-electron chi connectivity index (χ3n) is 5.59. The van der Waals surface area contributed by atoms with Crippen LogP contribution in [0.1, 0.15) is 22.0 Å². The van der Waals surface area contributed by atoms with E-state index >= 15 is 0 Å². The van der Waals surface area contributed by atoms with Gasteiger partial charge in [-0.2, -0.15) is 13.2 Å². The second kappa shape index (κ2) is 8.78. The molecule has 170 valence electrons. The Morgan fingerprint density at radius 1 is 0.970 bits per heavy atom. The summed E-state index contributed by atoms with van der Waals surface area (Å²) in [6.45, 7) is 0. The summed E-state index contributed by atoms with van der Waals surface area (Å²) in [6, 6.07) is 19.8. The van der Waals surface area contributed by atoms with Gasteiger partial charge in [-0.05, 0) is 42.0 Å². The van der Waals surface area contributed by atoms with Gasteiger partial charge in [0.2, 0.25) is 0 Å². The van der Waals surface area contributed by atoms with Crippen LogP contribution in [0.3, 0.4) is 0 Å². The zero-order chi connectivity index (χ0) is 23.8. The largest absolute Gasteiger partial charge is 0.437 e. The molecule has 1 aliphatic heterocycles. The number of halogens is 4. The highest BCUT2D eigenvalue weighted by Crippen LogP contribution is 2.49. The van der Waals surface area contributed by atoms with Crippen molar-refractivity contribution >= 4 is 40.4 Å². The van der Waals surface area contributed by atoms with Crippen LogP contribution >= 0.6 is 23.8 Å². The van der Waals surface area contributed by atoms with E-state index in [4.69, 9.17) is 23.8 Å². The monoisotopic (exact) mass is 490 g/mol. The number of alkyl halides is 3. The van der Waals surface area contributed by atoms with Crippen LogP contribution in [0.15, 0.2) is 84.9 Å².